The third kappa shape index (κ3) is 2.97. The summed E-state index contributed by atoms with van der Waals surface area (Å²) in [6.45, 7) is 3.98. The third-order valence-electron chi connectivity index (χ3n) is 4.55. The molecule has 0 spiro atoms. The van der Waals surface area contributed by atoms with Crippen molar-refractivity contribution in [3.63, 3.8) is 0 Å². The molecule has 0 aromatic carbocycles. The van der Waals surface area contributed by atoms with Crippen molar-refractivity contribution in [2.75, 3.05) is 20.1 Å². The number of carbonyl (C=O) groups excluding carboxylic acids is 1. The van der Waals surface area contributed by atoms with Gasteiger partial charge in [-0.15, -0.1) is 0 Å². The Kier molecular flexibility index (Phi) is 4.49. The first kappa shape index (κ1) is 13.7. The van der Waals surface area contributed by atoms with Crippen LogP contribution in [0.5, 0.6) is 0 Å². The van der Waals surface area contributed by atoms with E-state index >= 15 is 0 Å². The van der Waals surface area contributed by atoms with Gasteiger partial charge in [-0.25, -0.2) is 4.79 Å². The first-order chi connectivity index (χ1) is 8.59. The van der Waals surface area contributed by atoms with E-state index in [4.69, 9.17) is 0 Å². The van der Waals surface area contributed by atoms with E-state index in [1.807, 2.05) is 11.9 Å². The first-order valence-corrected chi connectivity index (χ1v) is 7.29. The fourth-order valence-corrected chi connectivity index (χ4v) is 3.11. The van der Waals surface area contributed by atoms with Crippen LogP contribution < -0.4 is 0 Å². The minimum Gasteiger partial charge on any atom is -0.391 e. The number of amides is 2. The number of rotatable bonds is 1. The number of aliphatic hydroxyl groups excluding tert-OH is 1. The van der Waals surface area contributed by atoms with Gasteiger partial charge in [-0.1, -0.05) is 19.8 Å². The number of nitrogens with zero attached hydrogens (tertiary/aromatic N) is 2. The summed E-state index contributed by atoms with van der Waals surface area (Å²) in [6.07, 6.45) is 5.85. The van der Waals surface area contributed by atoms with Crippen LogP contribution in [0.2, 0.25) is 0 Å². The van der Waals surface area contributed by atoms with Crippen molar-refractivity contribution in [3.8, 4) is 0 Å². The van der Waals surface area contributed by atoms with Gasteiger partial charge >= 0.3 is 6.03 Å². The minimum absolute atomic E-state index is 0.0191. The number of hydrogen-bond donors (Lipinski definition) is 1. The molecule has 1 saturated carbocycles. The van der Waals surface area contributed by atoms with Gasteiger partial charge in [-0.05, 0) is 31.6 Å². The van der Waals surface area contributed by atoms with Crippen molar-refractivity contribution in [1.82, 2.24) is 9.80 Å². The molecule has 104 valence electrons. The van der Waals surface area contributed by atoms with Crippen LogP contribution in [0.15, 0.2) is 0 Å². The van der Waals surface area contributed by atoms with E-state index in [9.17, 15) is 9.90 Å². The highest BCUT2D eigenvalue weighted by Crippen LogP contribution is 2.24. The summed E-state index contributed by atoms with van der Waals surface area (Å²) >= 11 is 0. The zero-order valence-corrected chi connectivity index (χ0v) is 11.6. The van der Waals surface area contributed by atoms with Gasteiger partial charge in [0.2, 0.25) is 0 Å². The highest BCUT2D eigenvalue weighted by atomic mass is 16.3. The summed E-state index contributed by atoms with van der Waals surface area (Å²) in [5.41, 5.74) is 0. The number of likely N-dealkylation sites (N-methyl/N-ethyl adjacent to an activating group) is 1. The van der Waals surface area contributed by atoms with Gasteiger partial charge in [-0.3, -0.25) is 0 Å². The molecular formula is C14H26N2O2. The average molecular weight is 254 g/mol. The van der Waals surface area contributed by atoms with E-state index in [2.05, 4.69) is 6.92 Å². The Labute approximate surface area is 110 Å². The van der Waals surface area contributed by atoms with Gasteiger partial charge in [0, 0.05) is 20.1 Å². The monoisotopic (exact) mass is 254 g/mol. The maximum absolute atomic E-state index is 12.4. The Hall–Kier alpha value is -0.770. The Morgan fingerprint density at radius 3 is 2.39 bits per heavy atom. The summed E-state index contributed by atoms with van der Waals surface area (Å²) in [5.74, 6) is 0.736. The number of urea groups is 1. The van der Waals surface area contributed by atoms with Crippen molar-refractivity contribution in [2.24, 2.45) is 5.92 Å². The Bertz CT molecular complexity index is 288. The average Bonchev–Trinajstić information content (AvgIpc) is 2.38. The zero-order chi connectivity index (χ0) is 13.1. The lowest BCUT2D eigenvalue weighted by Gasteiger charge is -2.39. The highest BCUT2D eigenvalue weighted by Gasteiger charge is 2.32. The summed E-state index contributed by atoms with van der Waals surface area (Å²) < 4.78 is 0. The van der Waals surface area contributed by atoms with Gasteiger partial charge in [-0.2, -0.15) is 0 Å². The van der Waals surface area contributed by atoms with Gasteiger partial charge < -0.3 is 14.9 Å². The van der Waals surface area contributed by atoms with Crippen molar-refractivity contribution in [3.05, 3.63) is 0 Å². The van der Waals surface area contributed by atoms with Crippen LogP contribution in [0.1, 0.15) is 45.4 Å². The molecule has 4 heteroatoms. The molecule has 0 radical (unpaired) electrons. The van der Waals surface area contributed by atoms with Gasteiger partial charge in [0.1, 0.15) is 0 Å². The minimum atomic E-state index is -0.337. The summed E-state index contributed by atoms with van der Waals surface area (Å²) in [7, 11) is 1.85. The molecule has 1 N–H and O–H groups in total. The molecule has 2 amide bonds. The Morgan fingerprint density at radius 1 is 1.17 bits per heavy atom. The molecule has 2 unspecified atom stereocenters. The summed E-state index contributed by atoms with van der Waals surface area (Å²) in [5, 5.41) is 10.0. The highest BCUT2D eigenvalue weighted by molar-refractivity contribution is 5.74. The number of piperidine rings is 1. The fraction of sp³-hybridized carbons (Fsp3) is 0.929. The standard InChI is InChI=1S/C14H26N2O2/c1-11-7-9-16(10-8-11)14(18)15(2)12-5-3-4-6-13(12)17/h11-13,17H,3-10H2,1-2H3. The molecule has 0 aromatic rings. The van der Waals surface area contributed by atoms with Crippen LogP contribution >= 0.6 is 0 Å². The molecule has 4 nitrogen and oxygen atoms in total. The van der Waals surface area contributed by atoms with Crippen LogP contribution in [0.4, 0.5) is 4.79 Å². The van der Waals surface area contributed by atoms with E-state index in [1.165, 1.54) is 0 Å². The van der Waals surface area contributed by atoms with Crippen LogP contribution in [0, 0.1) is 5.92 Å². The van der Waals surface area contributed by atoms with Crippen LogP contribution in [-0.2, 0) is 0 Å². The second-order valence-electron chi connectivity index (χ2n) is 5.98. The third-order valence-corrected chi connectivity index (χ3v) is 4.55. The lowest BCUT2D eigenvalue weighted by Crippen LogP contribution is -2.52. The molecule has 0 aromatic heterocycles. The van der Waals surface area contributed by atoms with Crippen molar-refractivity contribution < 1.29 is 9.90 Å². The molecule has 2 rings (SSSR count). The van der Waals surface area contributed by atoms with E-state index in [0.717, 1.165) is 57.5 Å². The van der Waals surface area contributed by atoms with Crippen LogP contribution in [0.3, 0.4) is 0 Å². The zero-order valence-electron chi connectivity index (χ0n) is 11.6. The lowest BCUT2D eigenvalue weighted by molar-refractivity contribution is 0.0353. The molecule has 0 bridgehead atoms. The van der Waals surface area contributed by atoms with Crippen molar-refractivity contribution in [2.45, 2.75) is 57.6 Å². The SMILES string of the molecule is CC1CCN(C(=O)N(C)C2CCCCC2O)CC1. The maximum Gasteiger partial charge on any atom is 0.320 e. The molecular weight excluding hydrogens is 228 g/mol. The second kappa shape index (κ2) is 5.91. The maximum atomic E-state index is 12.4. The van der Waals surface area contributed by atoms with Crippen molar-refractivity contribution >= 4 is 6.03 Å². The predicted octanol–water partition coefficient (Wildman–Crippen LogP) is 2.07. The lowest BCUT2D eigenvalue weighted by atomic mass is 9.91. The van der Waals surface area contributed by atoms with E-state index in [0.29, 0.717) is 0 Å². The molecule has 2 fully saturated rings. The Balaban J connectivity index is 1.91. The van der Waals surface area contributed by atoms with Gasteiger partial charge in [0.15, 0.2) is 0 Å². The molecule has 1 saturated heterocycles. The fourth-order valence-electron chi connectivity index (χ4n) is 3.11. The summed E-state index contributed by atoms with van der Waals surface area (Å²) in [6, 6.07) is 0.124. The Morgan fingerprint density at radius 2 is 1.78 bits per heavy atom. The number of hydrogen-bond acceptors (Lipinski definition) is 2. The van der Waals surface area contributed by atoms with Gasteiger partial charge in [0.25, 0.3) is 0 Å². The molecule has 1 heterocycles. The van der Waals surface area contributed by atoms with Crippen LogP contribution in [0.25, 0.3) is 0 Å². The molecule has 1 aliphatic heterocycles. The summed E-state index contributed by atoms with van der Waals surface area (Å²) in [4.78, 5) is 16.1. The number of carbonyl (C=O) groups is 1. The van der Waals surface area contributed by atoms with Crippen molar-refractivity contribution in [1.29, 1.82) is 0 Å². The van der Waals surface area contributed by atoms with E-state index in [-0.39, 0.29) is 18.2 Å². The molecule has 2 aliphatic rings. The molecule has 2 atom stereocenters. The molecule has 18 heavy (non-hydrogen) atoms. The van der Waals surface area contributed by atoms with E-state index < -0.39 is 0 Å². The largest absolute Gasteiger partial charge is 0.391 e. The first-order valence-electron chi connectivity index (χ1n) is 7.29. The van der Waals surface area contributed by atoms with Gasteiger partial charge in [0.05, 0.1) is 12.1 Å². The van der Waals surface area contributed by atoms with Crippen LogP contribution in [-0.4, -0.2) is 53.2 Å². The number of likely N-dealkylation sites (tertiary alicyclic amines) is 1. The smallest absolute Gasteiger partial charge is 0.320 e. The topological polar surface area (TPSA) is 43.8 Å². The predicted molar refractivity (Wildman–Crippen MR) is 71.4 cm³/mol. The second-order valence-corrected chi connectivity index (χ2v) is 5.98. The quantitative estimate of drug-likeness (QED) is 0.778. The van der Waals surface area contributed by atoms with E-state index in [1.54, 1.807) is 4.90 Å². The molecule has 1 aliphatic carbocycles. The number of aliphatic hydroxyl groups is 1. The normalized spacial score (nSPS) is 30.3.